The van der Waals surface area contributed by atoms with Gasteiger partial charge in [0, 0.05) is 23.0 Å². The van der Waals surface area contributed by atoms with Crippen LogP contribution in [0.3, 0.4) is 0 Å². The van der Waals surface area contributed by atoms with Crippen LogP contribution >= 0.6 is 0 Å². The predicted molar refractivity (Wildman–Crippen MR) is 77.1 cm³/mol. The number of aryl methyl sites for hydroxylation is 2. The Morgan fingerprint density at radius 2 is 1.74 bits per heavy atom. The van der Waals surface area contributed by atoms with Crippen LogP contribution in [0, 0.1) is 13.8 Å². The number of fused-ring (bicyclic) bond motifs is 1. The minimum absolute atomic E-state index is 0.841. The van der Waals surface area contributed by atoms with E-state index in [0.717, 1.165) is 22.3 Å². The lowest BCUT2D eigenvalue weighted by Gasteiger charge is -2.15. The summed E-state index contributed by atoms with van der Waals surface area (Å²) in [5.41, 5.74) is 4.33. The molecule has 0 aliphatic rings. The van der Waals surface area contributed by atoms with Gasteiger partial charge in [0.05, 0.1) is 12.6 Å². The van der Waals surface area contributed by atoms with E-state index in [1.54, 1.807) is 7.11 Å². The predicted octanol–water partition coefficient (Wildman–Crippen LogP) is 3.65. The van der Waals surface area contributed by atoms with Gasteiger partial charge < -0.3 is 9.30 Å². The van der Waals surface area contributed by atoms with Gasteiger partial charge in [-0.2, -0.15) is 0 Å². The monoisotopic (exact) mass is 252 g/mol. The lowest BCUT2D eigenvalue weighted by atomic mass is 10.1. The average molecular weight is 252 g/mol. The van der Waals surface area contributed by atoms with Crippen molar-refractivity contribution in [2.45, 2.75) is 13.8 Å². The van der Waals surface area contributed by atoms with E-state index in [9.17, 15) is 0 Å². The van der Waals surface area contributed by atoms with Gasteiger partial charge in [0.2, 0.25) is 0 Å². The molecule has 0 N–H and O–H groups in total. The van der Waals surface area contributed by atoms with Crippen LogP contribution in [0.25, 0.3) is 16.6 Å². The van der Waals surface area contributed by atoms with Gasteiger partial charge in [0.25, 0.3) is 0 Å². The van der Waals surface area contributed by atoms with Crippen molar-refractivity contribution in [3.8, 4) is 11.4 Å². The highest BCUT2D eigenvalue weighted by atomic mass is 16.5. The summed E-state index contributed by atoms with van der Waals surface area (Å²) in [5.74, 6) is 0.841. The Hall–Kier alpha value is -2.29. The molecule has 0 bridgehead atoms. The highest BCUT2D eigenvalue weighted by Crippen LogP contribution is 2.32. The molecule has 96 valence electrons. The van der Waals surface area contributed by atoms with E-state index < -0.39 is 0 Å². The number of ether oxygens (including phenoxy) is 1. The second kappa shape index (κ2) is 4.43. The van der Waals surface area contributed by atoms with Crippen LogP contribution in [0.2, 0.25) is 0 Å². The molecule has 0 saturated heterocycles. The standard InChI is InChI=1S/C16H16N2O/c1-11-6-7-12(2)18(11)16-14(19-3)9-8-13-5-4-10-17-15(13)16/h4-10H,1-3H3. The van der Waals surface area contributed by atoms with Gasteiger partial charge in [-0.25, -0.2) is 0 Å². The van der Waals surface area contributed by atoms with Crippen LogP contribution < -0.4 is 4.74 Å². The molecule has 0 unspecified atom stereocenters. The molecule has 19 heavy (non-hydrogen) atoms. The zero-order valence-corrected chi connectivity index (χ0v) is 11.3. The van der Waals surface area contributed by atoms with Crippen LogP contribution in [-0.2, 0) is 0 Å². The Bertz CT molecular complexity index is 724. The molecule has 0 radical (unpaired) electrons. The Labute approximate surface area is 112 Å². The zero-order chi connectivity index (χ0) is 13.4. The number of nitrogens with zero attached hydrogens (tertiary/aromatic N) is 2. The lowest BCUT2D eigenvalue weighted by Crippen LogP contribution is -2.03. The molecule has 2 aromatic heterocycles. The Morgan fingerprint density at radius 1 is 1.00 bits per heavy atom. The van der Waals surface area contributed by atoms with Gasteiger partial charge in [-0.3, -0.25) is 4.98 Å². The van der Waals surface area contributed by atoms with Crippen molar-refractivity contribution in [3.63, 3.8) is 0 Å². The molecule has 3 aromatic rings. The van der Waals surface area contributed by atoms with Crippen molar-refractivity contribution in [3.05, 3.63) is 54.0 Å². The Balaban J connectivity index is 2.44. The molecule has 0 atom stereocenters. The summed E-state index contributed by atoms with van der Waals surface area (Å²) in [6.07, 6.45) is 1.82. The highest BCUT2D eigenvalue weighted by molar-refractivity contribution is 5.89. The van der Waals surface area contributed by atoms with Crippen LogP contribution in [0.15, 0.2) is 42.6 Å². The van der Waals surface area contributed by atoms with Crippen LogP contribution in [0.5, 0.6) is 5.75 Å². The topological polar surface area (TPSA) is 27.1 Å². The molecular weight excluding hydrogens is 236 g/mol. The molecule has 0 spiro atoms. The number of hydrogen-bond donors (Lipinski definition) is 0. The second-order valence-corrected chi connectivity index (χ2v) is 4.64. The summed E-state index contributed by atoms with van der Waals surface area (Å²) in [7, 11) is 1.70. The van der Waals surface area contributed by atoms with Crippen LogP contribution in [0.4, 0.5) is 0 Å². The maximum Gasteiger partial charge on any atom is 0.145 e. The van der Waals surface area contributed by atoms with E-state index in [2.05, 4.69) is 41.6 Å². The van der Waals surface area contributed by atoms with Gasteiger partial charge in [0.15, 0.2) is 0 Å². The van der Waals surface area contributed by atoms with E-state index in [-0.39, 0.29) is 0 Å². The van der Waals surface area contributed by atoms with Crippen molar-refractivity contribution >= 4 is 10.9 Å². The second-order valence-electron chi connectivity index (χ2n) is 4.64. The third-order valence-electron chi connectivity index (χ3n) is 3.43. The molecule has 0 amide bonds. The third-order valence-corrected chi connectivity index (χ3v) is 3.43. The van der Waals surface area contributed by atoms with Gasteiger partial charge in [-0.05, 0) is 44.2 Å². The Morgan fingerprint density at radius 3 is 2.42 bits per heavy atom. The number of methoxy groups -OCH3 is 1. The molecule has 1 aromatic carbocycles. The first-order chi connectivity index (χ1) is 9.22. The molecule has 0 fully saturated rings. The minimum Gasteiger partial charge on any atom is -0.494 e. The van der Waals surface area contributed by atoms with E-state index in [0.29, 0.717) is 0 Å². The first-order valence-electron chi connectivity index (χ1n) is 6.29. The van der Waals surface area contributed by atoms with Crippen LogP contribution in [0.1, 0.15) is 11.4 Å². The average Bonchev–Trinajstić information content (AvgIpc) is 2.77. The van der Waals surface area contributed by atoms with Gasteiger partial charge in [-0.15, -0.1) is 0 Å². The normalized spacial score (nSPS) is 10.9. The van der Waals surface area contributed by atoms with Crippen molar-refractivity contribution in [2.75, 3.05) is 7.11 Å². The maximum absolute atomic E-state index is 5.53. The number of benzene rings is 1. The number of rotatable bonds is 2. The molecule has 0 aliphatic heterocycles. The largest absolute Gasteiger partial charge is 0.494 e. The molecule has 0 aliphatic carbocycles. The summed E-state index contributed by atoms with van der Waals surface area (Å²) in [5, 5.41) is 1.12. The fraction of sp³-hybridized carbons (Fsp3) is 0.188. The third kappa shape index (κ3) is 1.78. The smallest absolute Gasteiger partial charge is 0.145 e. The number of aromatic nitrogens is 2. The van der Waals surface area contributed by atoms with E-state index in [4.69, 9.17) is 4.74 Å². The molecule has 3 nitrogen and oxygen atoms in total. The maximum atomic E-state index is 5.53. The summed E-state index contributed by atoms with van der Waals surface area (Å²) in [6, 6.07) is 12.3. The quantitative estimate of drug-likeness (QED) is 0.696. The molecule has 2 heterocycles. The van der Waals surface area contributed by atoms with Crippen molar-refractivity contribution in [1.82, 2.24) is 9.55 Å². The summed E-state index contributed by atoms with van der Waals surface area (Å²) >= 11 is 0. The van der Waals surface area contributed by atoms with Gasteiger partial charge in [-0.1, -0.05) is 6.07 Å². The van der Waals surface area contributed by atoms with Gasteiger partial charge in [0.1, 0.15) is 11.4 Å². The summed E-state index contributed by atoms with van der Waals surface area (Å²) < 4.78 is 7.72. The first kappa shape index (κ1) is 11.8. The lowest BCUT2D eigenvalue weighted by molar-refractivity contribution is 0.413. The van der Waals surface area contributed by atoms with Crippen LogP contribution in [-0.4, -0.2) is 16.7 Å². The highest BCUT2D eigenvalue weighted by Gasteiger charge is 2.14. The SMILES string of the molecule is COc1ccc2cccnc2c1-n1c(C)ccc1C. The van der Waals surface area contributed by atoms with Crippen molar-refractivity contribution < 1.29 is 4.74 Å². The van der Waals surface area contributed by atoms with Crippen molar-refractivity contribution in [1.29, 1.82) is 0 Å². The molecule has 3 heteroatoms. The first-order valence-corrected chi connectivity index (χ1v) is 6.29. The fourth-order valence-electron chi connectivity index (χ4n) is 2.51. The number of pyridine rings is 1. The molecular formula is C16H16N2O. The summed E-state index contributed by atoms with van der Waals surface area (Å²) in [6.45, 7) is 4.18. The van der Waals surface area contributed by atoms with E-state index in [1.807, 2.05) is 24.4 Å². The fourth-order valence-corrected chi connectivity index (χ4v) is 2.51. The van der Waals surface area contributed by atoms with E-state index >= 15 is 0 Å². The van der Waals surface area contributed by atoms with E-state index in [1.165, 1.54) is 11.4 Å². The molecule has 3 rings (SSSR count). The zero-order valence-electron chi connectivity index (χ0n) is 11.3. The minimum atomic E-state index is 0.841. The Kier molecular flexibility index (Phi) is 2.75. The van der Waals surface area contributed by atoms with Crippen molar-refractivity contribution in [2.24, 2.45) is 0 Å². The molecule has 0 saturated carbocycles. The number of hydrogen-bond acceptors (Lipinski definition) is 2. The van der Waals surface area contributed by atoms with Gasteiger partial charge >= 0.3 is 0 Å². The summed E-state index contributed by atoms with van der Waals surface area (Å²) in [4.78, 5) is 4.53.